The van der Waals surface area contributed by atoms with Crippen LogP contribution in [0.15, 0.2) is 47.1 Å². The zero-order chi connectivity index (χ0) is 21.0. The van der Waals surface area contributed by atoms with Gasteiger partial charge >= 0.3 is 0 Å². The Kier molecular flexibility index (Phi) is 9.01. The van der Waals surface area contributed by atoms with Crippen LogP contribution in [0.5, 0.6) is 0 Å². The summed E-state index contributed by atoms with van der Waals surface area (Å²) in [4.78, 5) is 16.8. The molecule has 3 rings (SSSR count). The second kappa shape index (κ2) is 12.2. The number of hydrogen-bond donors (Lipinski definition) is 1. The highest BCUT2D eigenvalue weighted by molar-refractivity contribution is 5.91. The quantitative estimate of drug-likeness (QED) is 0.326. The van der Waals surface area contributed by atoms with Gasteiger partial charge in [0, 0.05) is 19.5 Å². The Hall–Kier alpha value is -2.56. The SMILES string of the molecule is CCCCCCCCn1c(CCCCCNC(=O)c2ccco2)nc2ccccc21. The maximum Gasteiger partial charge on any atom is 0.286 e. The predicted octanol–water partition coefficient (Wildman–Crippen LogP) is 6.13. The van der Waals surface area contributed by atoms with Crippen molar-refractivity contribution in [2.45, 2.75) is 77.7 Å². The molecular weight excluding hydrogens is 374 g/mol. The molecule has 0 aliphatic rings. The zero-order valence-electron chi connectivity index (χ0n) is 18.2. The van der Waals surface area contributed by atoms with Gasteiger partial charge in [0.1, 0.15) is 5.82 Å². The summed E-state index contributed by atoms with van der Waals surface area (Å²) in [7, 11) is 0. The number of aryl methyl sites for hydroxylation is 2. The Bertz CT molecular complexity index is 883. The lowest BCUT2D eigenvalue weighted by Crippen LogP contribution is -2.23. The van der Waals surface area contributed by atoms with Gasteiger partial charge in [-0.3, -0.25) is 4.79 Å². The number of amides is 1. The zero-order valence-corrected chi connectivity index (χ0v) is 18.2. The van der Waals surface area contributed by atoms with Crippen molar-refractivity contribution < 1.29 is 9.21 Å². The van der Waals surface area contributed by atoms with Crippen LogP contribution in [-0.4, -0.2) is 22.0 Å². The summed E-state index contributed by atoms with van der Waals surface area (Å²) in [5.74, 6) is 1.43. The Morgan fingerprint density at radius 2 is 1.77 bits per heavy atom. The van der Waals surface area contributed by atoms with Gasteiger partial charge in [-0.05, 0) is 43.5 Å². The van der Waals surface area contributed by atoms with E-state index < -0.39 is 0 Å². The summed E-state index contributed by atoms with van der Waals surface area (Å²) in [5.41, 5.74) is 2.36. The Morgan fingerprint density at radius 1 is 0.967 bits per heavy atom. The van der Waals surface area contributed by atoms with Crippen molar-refractivity contribution in [3.8, 4) is 0 Å². The number of furan rings is 1. The molecule has 2 heterocycles. The van der Waals surface area contributed by atoms with E-state index in [-0.39, 0.29) is 5.91 Å². The molecule has 0 aliphatic heterocycles. The van der Waals surface area contributed by atoms with Crippen LogP contribution < -0.4 is 5.32 Å². The second-order valence-electron chi connectivity index (χ2n) is 7.98. The van der Waals surface area contributed by atoms with Gasteiger partial charge in [0.25, 0.3) is 5.91 Å². The molecule has 0 bridgehead atoms. The van der Waals surface area contributed by atoms with Crippen LogP contribution in [0.4, 0.5) is 0 Å². The van der Waals surface area contributed by atoms with E-state index in [2.05, 4.69) is 41.1 Å². The van der Waals surface area contributed by atoms with E-state index in [0.717, 1.165) is 37.7 Å². The fourth-order valence-electron chi connectivity index (χ4n) is 3.90. The molecule has 0 spiro atoms. The number of nitrogens with zero attached hydrogens (tertiary/aromatic N) is 2. The molecule has 1 aromatic carbocycles. The van der Waals surface area contributed by atoms with Crippen LogP contribution in [-0.2, 0) is 13.0 Å². The molecule has 5 heteroatoms. The van der Waals surface area contributed by atoms with E-state index in [1.54, 1.807) is 12.1 Å². The molecule has 0 fully saturated rings. The van der Waals surface area contributed by atoms with Gasteiger partial charge < -0.3 is 14.3 Å². The lowest BCUT2D eigenvalue weighted by atomic mass is 10.1. The topological polar surface area (TPSA) is 60.1 Å². The predicted molar refractivity (Wildman–Crippen MR) is 122 cm³/mol. The molecule has 3 aromatic rings. The van der Waals surface area contributed by atoms with Gasteiger partial charge in [0.15, 0.2) is 5.76 Å². The van der Waals surface area contributed by atoms with Gasteiger partial charge in [-0.1, -0.05) is 57.6 Å². The molecule has 0 atom stereocenters. The first-order valence-electron chi connectivity index (χ1n) is 11.6. The number of nitrogens with one attached hydrogen (secondary N) is 1. The van der Waals surface area contributed by atoms with Crippen molar-refractivity contribution in [3.05, 3.63) is 54.2 Å². The standard InChI is InChI=1S/C25H35N3O2/c1-2-3-4-5-6-12-19-28-22-15-10-9-14-21(22)27-24(28)17-8-7-11-18-26-25(29)23-16-13-20-30-23/h9-10,13-16,20H,2-8,11-12,17-19H2,1H3,(H,26,29). The molecule has 1 amide bonds. The number of unbranched alkanes of at least 4 members (excludes halogenated alkanes) is 7. The Morgan fingerprint density at radius 3 is 2.60 bits per heavy atom. The average Bonchev–Trinajstić information content (AvgIpc) is 3.41. The summed E-state index contributed by atoms with van der Waals surface area (Å²) in [5, 5.41) is 2.91. The van der Waals surface area contributed by atoms with E-state index >= 15 is 0 Å². The van der Waals surface area contributed by atoms with Gasteiger partial charge in [0.2, 0.25) is 0 Å². The Labute approximate surface area is 179 Å². The number of imidazole rings is 1. The van der Waals surface area contributed by atoms with Crippen LogP contribution >= 0.6 is 0 Å². The number of carbonyl (C=O) groups excluding carboxylic acids is 1. The van der Waals surface area contributed by atoms with Crippen LogP contribution in [0.2, 0.25) is 0 Å². The number of rotatable bonds is 14. The van der Waals surface area contributed by atoms with Crippen LogP contribution in [0.1, 0.15) is 81.1 Å². The maximum atomic E-state index is 11.9. The fourth-order valence-corrected chi connectivity index (χ4v) is 3.90. The van der Waals surface area contributed by atoms with Crippen LogP contribution in [0.25, 0.3) is 11.0 Å². The lowest BCUT2D eigenvalue weighted by Gasteiger charge is -2.10. The highest BCUT2D eigenvalue weighted by Crippen LogP contribution is 2.19. The lowest BCUT2D eigenvalue weighted by molar-refractivity contribution is 0.0925. The number of para-hydroxylation sites is 2. The minimum absolute atomic E-state index is 0.138. The van der Waals surface area contributed by atoms with Crippen molar-refractivity contribution in [2.75, 3.05) is 6.54 Å². The molecule has 2 aromatic heterocycles. The minimum Gasteiger partial charge on any atom is -0.459 e. The van der Waals surface area contributed by atoms with Crippen molar-refractivity contribution in [1.29, 1.82) is 0 Å². The molecule has 0 aliphatic carbocycles. The number of benzene rings is 1. The normalized spacial score (nSPS) is 11.2. The first-order chi connectivity index (χ1) is 14.8. The number of fused-ring (bicyclic) bond motifs is 1. The molecule has 0 unspecified atom stereocenters. The third kappa shape index (κ3) is 6.48. The molecular formula is C25H35N3O2. The minimum atomic E-state index is -0.138. The molecule has 0 saturated heterocycles. The van der Waals surface area contributed by atoms with Gasteiger partial charge in [-0.2, -0.15) is 0 Å². The molecule has 162 valence electrons. The van der Waals surface area contributed by atoms with E-state index in [1.165, 1.54) is 56.1 Å². The maximum absolute atomic E-state index is 11.9. The monoisotopic (exact) mass is 409 g/mol. The molecule has 0 saturated carbocycles. The Balaban J connectivity index is 1.43. The summed E-state index contributed by atoms with van der Waals surface area (Å²) in [6.45, 7) is 3.99. The second-order valence-corrected chi connectivity index (χ2v) is 7.98. The fraction of sp³-hybridized carbons (Fsp3) is 0.520. The van der Waals surface area contributed by atoms with Crippen molar-refractivity contribution >= 4 is 16.9 Å². The van der Waals surface area contributed by atoms with E-state index in [0.29, 0.717) is 12.3 Å². The van der Waals surface area contributed by atoms with E-state index in [9.17, 15) is 4.79 Å². The first-order valence-corrected chi connectivity index (χ1v) is 11.6. The van der Waals surface area contributed by atoms with Gasteiger partial charge in [-0.15, -0.1) is 0 Å². The molecule has 30 heavy (non-hydrogen) atoms. The van der Waals surface area contributed by atoms with E-state index in [1.807, 2.05) is 0 Å². The molecule has 1 N–H and O–H groups in total. The third-order valence-electron chi connectivity index (χ3n) is 5.58. The highest BCUT2D eigenvalue weighted by atomic mass is 16.3. The van der Waals surface area contributed by atoms with Gasteiger partial charge in [0.05, 0.1) is 17.3 Å². The number of hydrogen-bond acceptors (Lipinski definition) is 3. The largest absolute Gasteiger partial charge is 0.459 e. The van der Waals surface area contributed by atoms with Crippen molar-refractivity contribution in [1.82, 2.24) is 14.9 Å². The average molecular weight is 410 g/mol. The van der Waals surface area contributed by atoms with Crippen LogP contribution in [0.3, 0.4) is 0 Å². The molecule has 5 nitrogen and oxygen atoms in total. The smallest absolute Gasteiger partial charge is 0.286 e. The summed E-state index contributed by atoms with van der Waals surface area (Å²) in [6.07, 6.45) is 13.5. The van der Waals surface area contributed by atoms with Crippen molar-refractivity contribution in [2.24, 2.45) is 0 Å². The van der Waals surface area contributed by atoms with Crippen LogP contribution in [0, 0.1) is 0 Å². The number of carbonyl (C=O) groups is 1. The van der Waals surface area contributed by atoms with E-state index in [4.69, 9.17) is 9.40 Å². The number of aromatic nitrogens is 2. The summed E-state index contributed by atoms with van der Waals surface area (Å²) in [6, 6.07) is 11.9. The molecule has 0 radical (unpaired) electrons. The third-order valence-corrected chi connectivity index (χ3v) is 5.58. The summed E-state index contributed by atoms with van der Waals surface area (Å²) >= 11 is 0. The van der Waals surface area contributed by atoms with Crippen molar-refractivity contribution in [3.63, 3.8) is 0 Å². The summed E-state index contributed by atoms with van der Waals surface area (Å²) < 4.78 is 7.53. The highest BCUT2D eigenvalue weighted by Gasteiger charge is 2.10. The first kappa shape index (κ1) is 22.1. The van der Waals surface area contributed by atoms with Gasteiger partial charge in [-0.25, -0.2) is 4.98 Å².